The van der Waals surface area contributed by atoms with E-state index in [4.69, 9.17) is 0 Å². The molecule has 0 unspecified atom stereocenters. The van der Waals surface area contributed by atoms with Gasteiger partial charge < -0.3 is 10.2 Å². The van der Waals surface area contributed by atoms with E-state index in [9.17, 15) is 13.2 Å². The first-order valence-electron chi connectivity index (χ1n) is 5.71. The summed E-state index contributed by atoms with van der Waals surface area (Å²) >= 11 is 1.23. The zero-order valence-electron chi connectivity index (χ0n) is 10.7. The normalized spacial score (nSPS) is 12.2. The van der Waals surface area contributed by atoms with Crippen molar-refractivity contribution in [3.63, 3.8) is 0 Å². The molecule has 104 valence electrons. The van der Waals surface area contributed by atoms with Crippen LogP contribution in [0.2, 0.25) is 0 Å². The number of aromatic nitrogens is 1. The minimum Gasteiger partial charge on any atom is -0.342 e. The van der Waals surface area contributed by atoms with Crippen molar-refractivity contribution in [2.45, 2.75) is 26.6 Å². The molecule has 7 heteroatoms. The van der Waals surface area contributed by atoms with Crippen LogP contribution in [0.25, 0.3) is 0 Å². The van der Waals surface area contributed by atoms with Crippen LogP contribution >= 0.6 is 11.3 Å². The lowest BCUT2D eigenvalue weighted by Gasteiger charge is -2.17. The minimum absolute atomic E-state index is 0.397. The molecule has 1 N–H and O–H groups in total. The van der Waals surface area contributed by atoms with E-state index in [0.717, 1.165) is 17.1 Å². The summed E-state index contributed by atoms with van der Waals surface area (Å²) in [5, 5.41) is 5.39. The Bertz CT molecular complexity index is 363. The molecule has 0 spiro atoms. The summed E-state index contributed by atoms with van der Waals surface area (Å²) in [7, 11) is 1.40. The summed E-state index contributed by atoms with van der Waals surface area (Å²) in [6, 6.07) is 0. The van der Waals surface area contributed by atoms with Crippen molar-refractivity contribution in [3.8, 4) is 0 Å². The highest BCUT2D eigenvalue weighted by Crippen LogP contribution is 2.23. The molecule has 1 aromatic rings. The lowest BCUT2D eigenvalue weighted by molar-refractivity contribution is -0.119. The number of halogens is 3. The third-order valence-corrected chi connectivity index (χ3v) is 3.15. The number of rotatable bonds is 6. The largest absolute Gasteiger partial charge is 0.405 e. The first-order valence-corrected chi connectivity index (χ1v) is 6.59. The van der Waals surface area contributed by atoms with E-state index < -0.39 is 12.7 Å². The topological polar surface area (TPSA) is 28.2 Å². The SMILES string of the molecule is CC(C)CNCc1csc(N(C)CC(F)(F)F)n1. The van der Waals surface area contributed by atoms with Crippen molar-refractivity contribution in [2.24, 2.45) is 5.92 Å². The van der Waals surface area contributed by atoms with Crippen LogP contribution in [0, 0.1) is 5.92 Å². The zero-order valence-corrected chi connectivity index (χ0v) is 11.5. The maximum atomic E-state index is 12.2. The van der Waals surface area contributed by atoms with E-state index in [1.165, 1.54) is 18.4 Å². The van der Waals surface area contributed by atoms with Crippen LogP contribution in [0.1, 0.15) is 19.5 Å². The lowest BCUT2D eigenvalue weighted by atomic mass is 10.2. The number of alkyl halides is 3. The molecule has 0 bridgehead atoms. The van der Waals surface area contributed by atoms with Crippen LogP contribution in [0.4, 0.5) is 18.3 Å². The van der Waals surface area contributed by atoms with Crippen LogP contribution in [-0.2, 0) is 6.54 Å². The second-order valence-corrected chi connectivity index (χ2v) is 5.45. The molecule has 0 aliphatic carbocycles. The van der Waals surface area contributed by atoms with Crippen molar-refractivity contribution in [2.75, 3.05) is 25.0 Å². The standard InChI is InChI=1S/C11H18F3N3S/c1-8(2)4-15-5-9-6-18-10(16-9)17(3)7-11(12,13)14/h6,8,15H,4-5,7H2,1-3H3. The summed E-state index contributed by atoms with van der Waals surface area (Å²) < 4.78 is 36.6. The van der Waals surface area contributed by atoms with Gasteiger partial charge in [-0.1, -0.05) is 13.8 Å². The van der Waals surface area contributed by atoms with E-state index in [0.29, 0.717) is 17.6 Å². The number of thiazole rings is 1. The number of nitrogens with zero attached hydrogens (tertiary/aromatic N) is 2. The zero-order chi connectivity index (χ0) is 13.8. The number of hydrogen-bond acceptors (Lipinski definition) is 4. The minimum atomic E-state index is -4.20. The van der Waals surface area contributed by atoms with Gasteiger partial charge in [0.15, 0.2) is 5.13 Å². The fourth-order valence-corrected chi connectivity index (χ4v) is 2.17. The van der Waals surface area contributed by atoms with Gasteiger partial charge >= 0.3 is 6.18 Å². The molecule has 0 amide bonds. The number of nitrogens with one attached hydrogen (secondary N) is 1. The quantitative estimate of drug-likeness (QED) is 0.869. The van der Waals surface area contributed by atoms with Crippen molar-refractivity contribution >= 4 is 16.5 Å². The Morgan fingerprint density at radius 1 is 1.44 bits per heavy atom. The molecule has 0 aliphatic heterocycles. The maximum Gasteiger partial charge on any atom is 0.405 e. The van der Waals surface area contributed by atoms with Gasteiger partial charge in [-0.05, 0) is 12.5 Å². The molecule has 1 aromatic heterocycles. The third-order valence-electron chi connectivity index (χ3n) is 2.14. The Morgan fingerprint density at radius 3 is 2.67 bits per heavy atom. The van der Waals surface area contributed by atoms with Gasteiger partial charge in [-0.25, -0.2) is 4.98 Å². The van der Waals surface area contributed by atoms with Crippen LogP contribution in [0.3, 0.4) is 0 Å². The predicted octanol–water partition coefficient (Wildman–Crippen LogP) is 2.89. The van der Waals surface area contributed by atoms with Crippen molar-refractivity contribution in [1.82, 2.24) is 10.3 Å². The second kappa shape index (κ2) is 6.38. The summed E-state index contributed by atoms with van der Waals surface area (Å²) in [4.78, 5) is 5.29. The number of anilines is 1. The van der Waals surface area contributed by atoms with Crippen LogP contribution in [0.5, 0.6) is 0 Å². The predicted molar refractivity (Wildman–Crippen MR) is 68.0 cm³/mol. The Labute approximate surface area is 109 Å². The van der Waals surface area contributed by atoms with Gasteiger partial charge in [0.1, 0.15) is 6.54 Å². The fourth-order valence-electron chi connectivity index (χ4n) is 1.38. The van der Waals surface area contributed by atoms with Crippen LogP contribution in [0.15, 0.2) is 5.38 Å². The monoisotopic (exact) mass is 281 g/mol. The molecule has 0 fully saturated rings. The summed E-state index contributed by atoms with van der Waals surface area (Å²) in [6.45, 7) is 4.67. The maximum absolute atomic E-state index is 12.2. The molecule has 3 nitrogen and oxygen atoms in total. The summed E-state index contributed by atoms with van der Waals surface area (Å²) in [6.07, 6.45) is -4.20. The Hall–Kier alpha value is -0.820. The molecule has 18 heavy (non-hydrogen) atoms. The molecule has 0 radical (unpaired) electrons. The first-order chi connectivity index (χ1) is 8.28. The second-order valence-electron chi connectivity index (χ2n) is 4.62. The van der Waals surface area contributed by atoms with E-state index in [1.54, 1.807) is 5.38 Å². The molecule has 0 aliphatic rings. The average Bonchev–Trinajstić information content (AvgIpc) is 2.63. The highest BCUT2D eigenvalue weighted by Gasteiger charge is 2.30. The highest BCUT2D eigenvalue weighted by atomic mass is 32.1. The van der Waals surface area contributed by atoms with Crippen molar-refractivity contribution in [3.05, 3.63) is 11.1 Å². The van der Waals surface area contributed by atoms with Crippen LogP contribution < -0.4 is 10.2 Å². The molecule has 1 heterocycles. The van der Waals surface area contributed by atoms with E-state index in [2.05, 4.69) is 24.1 Å². The fraction of sp³-hybridized carbons (Fsp3) is 0.727. The molecular weight excluding hydrogens is 263 g/mol. The molecule has 0 atom stereocenters. The van der Waals surface area contributed by atoms with Crippen molar-refractivity contribution < 1.29 is 13.2 Å². The molecule has 0 saturated heterocycles. The molecule has 0 saturated carbocycles. The van der Waals surface area contributed by atoms with Gasteiger partial charge in [0, 0.05) is 19.0 Å². The Balaban J connectivity index is 2.47. The van der Waals surface area contributed by atoms with Gasteiger partial charge in [0.25, 0.3) is 0 Å². The lowest BCUT2D eigenvalue weighted by Crippen LogP contribution is -2.30. The molecular formula is C11H18F3N3S. The third kappa shape index (κ3) is 5.68. The van der Waals surface area contributed by atoms with Crippen molar-refractivity contribution in [1.29, 1.82) is 0 Å². The van der Waals surface area contributed by atoms with Gasteiger partial charge in [0.05, 0.1) is 5.69 Å². The van der Waals surface area contributed by atoms with Gasteiger partial charge in [0.2, 0.25) is 0 Å². The van der Waals surface area contributed by atoms with Gasteiger partial charge in [-0.2, -0.15) is 13.2 Å². The van der Waals surface area contributed by atoms with Gasteiger partial charge in [-0.15, -0.1) is 11.3 Å². The van der Waals surface area contributed by atoms with Gasteiger partial charge in [-0.3, -0.25) is 0 Å². The number of hydrogen-bond donors (Lipinski definition) is 1. The average molecular weight is 281 g/mol. The first kappa shape index (κ1) is 15.2. The summed E-state index contributed by atoms with van der Waals surface area (Å²) in [5.74, 6) is 0.538. The smallest absolute Gasteiger partial charge is 0.342 e. The summed E-state index contributed by atoms with van der Waals surface area (Å²) in [5.41, 5.74) is 0.782. The van der Waals surface area contributed by atoms with Crippen LogP contribution in [-0.4, -0.2) is 31.3 Å². The Kier molecular flexibility index (Phi) is 5.40. The Morgan fingerprint density at radius 2 is 2.11 bits per heavy atom. The van der Waals surface area contributed by atoms with E-state index >= 15 is 0 Å². The highest BCUT2D eigenvalue weighted by molar-refractivity contribution is 7.13. The molecule has 1 rings (SSSR count). The van der Waals surface area contributed by atoms with E-state index in [1.807, 2.05) is 0 Å². The van der Waals surface area contributed by atoms with E-state index in [-0.39, 0.29) is 0 Å². The molecule has 0 aromatic carbocycles.